The molecule has 0 heterocycles. The van der Waals surface area contributed by atoms with Crippen LogP contribution in [0.2, 0.25) is 0 Å². The van der Waals surface area contributed by atoms with E-state index in [4.69, 9.17) is 15.1 Å². The summed E-state index contributed by atoms with van der Waals surface area (Å²) in [6, 6.07) is 11.8. The van der Waals surface area contributed by atoms with E-state index in [1.807, 2.05) is 13.0 Å². The van der Waals surface area contributed by atoms with Crippen LogP contribution < -0.4 is 4.74 Å². The highest BCUT2D eigenvalue weighted by molar-refractivity contribution is 9.10. The van der Waals surface area contributed by atoms with Gasteiger partial charge < -0.3 is 9.84 Å². The van der Waals surface area contributed by atoms with Gasteiger partial charge >= 0.3 is 5.97 Å². The molecule has 2 aromatic rings. The molecule has 0 saturated heterocycles. The van der Waals surface area contributed by atoms with E-state index in [-0.39, 0.29) is 5.56 Å². The molecule has 20 heavy (non-hydrogen) atoms. The maximum absolute atomic E-state index is 11.0. The number of carbonyl (C=O) groups is 1. The molecule has 0 spiro atoms. The van der Waals surface area contributed by atoms with Gasteiger partial charge in [-0.2, -0.15) is 5.26 Å². The molecule has 0 aliphatic rings. The summed E-state index contributed by atoms with van der Waals surface area (Å²) in [5.41, 5.74) is 1.47. The predicted molar refractivity (Wildman–Crippen MR) is 77.1 cm³/mol. The quantitative estimate of drug-likeness (QED) is 0.918. The molecule has 0 amide bonds. The number of aromatic carboxylic acids is 1. The van der Waals surface area contributed by atoms with Crippen LogP contribution in [0.4, 0.5) is 0 Å². The lowest BCUT2D eigenvalue weighted by Gasteiger charge is -2.10. The number of carboxylic acids is 1. The molecule has 0 aromatic heterocycles. The number of ether oxygens (including phenoxy) is 1. The van der Waals surface area contributed by atoms with Gasteiger partial charge in [-0.25, -0.2) is 4.79 Å². The van der Waals surface area contributed by atoms with Crippen LogP contribution in [0.1, 0.15) is 21.5 Å². The summed E-state index contributed by atoms with van der Waals surface area (Å²) in [5, 5.41) is 18.1. The van der Waals surface area contributed by atoms with Crippen LogP contribution in [0.5, 0.6) is 11.5 Å². The third-order valence-corrected chi connectivity index (χ3v) is 3.31. The first-order valence-corrected chi connectivity index (χ1v) is 6.52. The number of nitriles is 1. The molecule has 2 aromatic carbocycles. The van der Waals surface area contributed by atoms with Gasteiger partial charge in [-0.3, -0.25) is 0 Å². The smallest absolute Gasteiger partial charge is 0.335 e. The minimum absolute atomic E-state index is 0.119. The van der Waals surface area contributed by atoms with Crippen LogP contribution in [0, 0.1) is 18.3 Å². The molecule has 0 aliphatic carbocycles. The summed E-state index contributed by atoms with van der Waals surface area (Å²) in [6.45, 7) is 1.88. The van der Waals surface area contributed by atoms with Crippen molar-refractivity contribution in [1.82, 2.24) is 0 Å². The van der Waals surface area contributed by atoms with Crippen LogP contribution in [-0.4, -0.2) is 11.1 Å². The molecule has 100 valence electrons. The molecule has 0 aliphatic heterocycles. The SMILES string of the molecule is Cc1ccc(Oc2cc(C(=O)O)ccc2Br)c(C#N)c1. The third kappa shape index (κ3) is 2.98. The molecule has 0 saturated carbocycles. The van der Waals surface area contributed by atoms with Crippen molar-refractivity contribution in [1.29, 1.82) is 5.26 Å². The Morgan fingerprint density at radius 2 is 2.00 bits per heavy atom. The highest BCUT2D eigenvalue weighted by atomic mass is 79.9. The van der Waals surface area contributed by atoms with E-state index >= 15 is 0 Å². The standard InChI is InChI=1S/C15H10BrNO3/c1-9-2-5-13(11(6-9)8-17)20-14-7-10(15(18)19)3-4-12(14)16/h2-7H,1H3,(H,18,19). The van der Waals surface area contributed by atoms with Gasteiger partial charge in [0.25, 0.3) is 0 Å². The van der Waals surface area contributed by atoms with Gasteiger partial charge in [-0.1, -0.05) is 6.07 Å². The molecule has 4 nitrogen and oxygen atoms in total. The van der Waals surface area contributed by atoms with Crippen LogP contribution >= 0.6 is 15.9 Å². The molecule has 2 rings (SSSR count). The normalized spacial score (nSPS) is 9.85. The number of hydrogen-bond acceptors (Lipinski definition) is 3. The molecular formula is C15H10BrNO3. The van der Waals surface area contributed by atoms with E-state index in [9.17, 15) is 4.79 Å². The molecule has 0 fully saturated rings. The Hall–Kier alpha value is -2.32. The van der Waals surface area contributed by atoms with Crippen molar-refractivity contribution in [2.75, 3.05) is 0 Å². The summed E-state index contributed by atoms with van der Waals surface area (Å²) >= 11 is 3.30. The number of nitrogens with zero attached hydrogens (tertiary/aromatic N) is 1. The summed E-state index contributed by atoms with van der Waals surface area (Å²) in [4.78, 5) is 11.0. The maximum Gasteiger partial charge on any atom is 0.335 e. The van der Waals surface area contributed by atoms with Crippen molar-refractivity contribution in [2.24, 2.45) is 0 Å². The second-order valence-electron chi connectivity index (χ2n) is 4.16. The van der Waals surface area contributed by atoms with E-state index in [0.29, 0.717) is 21.5 Å². The Labute approximate surface area is 124 Å². The highest BCUT2D eigenvalue weighted by Gasteiger charge is 2.11. The highest BCUT2D eigenvalue weighted by Crippen LogP contribution is 2.32. The molecule has 0 radical (unpaired) electrons. The van der Waals surface area contributed by atoms with Crippen molar-refractivity contribution in [3.05, 3.63) is 57.6 Å². The van der Waals surface area contributed by atoms with Gasteiger partial charge in [0.2, 0.25) is 0 Å². The Morgan fingerprint density at radius 3 is 2.65 bits per heavy atom. The minimum Gasteiger partial charge on any atom is -0.478 e. The molecule has 0 atom stereocenters. The average molecular weight is 332 g/mol. The van der Waals surface area contributed by atoms with E-state index in [2.05, 4.69) is 22.0 Å². The molecule has 0 unspecified atom stereocenters. The maximum atomic E-state index is 11.0. The number of rotatable bonds is 3. The van der Waals surface area contributed by atoms with Gasteiger partial charge in [-0.15, -0.1) is 0 Å². The number of aryl methyl sites for hydroxylation is 1. The lowest BCUT2D eigenvalue weighted by molar-refractivity contribution is 0.0696. The Morgan fingerprint density at radius 1 is 1.25 bits per heavy atom. The zero-order valence-electron chi connectivity index (χ0n) is 10.6. The Balaban J connectivity index is 2.42. The average Bonchev–Trinajstić information content (AvgIpc) is 2.42. The summed E-state index contributed by atoms with van der Waals surface area (Å²) in [6.07, 6.45) is 0. The van der Waals surface area contributed by atoms with Crippen LogP contribution in [0.3, 0.4) is 0 Å². The monoisotopic (exact) mass is 331 g/mol. The zero-order valence-corrected chi connectivity index (χ0v) is 12.1. The second-order valence-corrected chi connectivity index (χ2v) is 5.02. The van der Waals surface area contributed by atoms with Crippen LogP contribution in [-0.2, 0) is 0 Å². The van der Waals surface area contributed by atoms with Crippen LogP contribution in [0.25, 0.3) is 0 Å². The fraction of sp³-hybridized carbons (Fsp3) is 0.0667. The van der Waals surface area contributed by atoms with Crippen molar-refractivity contribution in [3.63, 3.8) is 0 Å². The molecular weight excluding hydrogens is 322 g/mol. The van der Waals surface area contributed by atoms with Crippen LogP contribution in [0.15, 0.2) is 40.9 Å². The first kappa shape index (κ1) is 14.1. The van der Waals surface area contributed by atoms with Crippen molar-refractivity contribution in [2.45, 2.75) is 6.92 Å². The van der Waals surface area contributed by atoms with Gasteiger partial charge in [0, 0.05) is 0 Å². The van der Waals surface area contributed by atoms with Crippen molar-refractivity contribution < 1.29 is 14.6 Å². The van der Waals surface area contributed by atoms with Crippen molar-refractivity contribution >= 4 is 21.9 Å². The minimum atomic E-state index is -1.04. The topological polar surface area (TPSA) is 70.3 Å². The van der Waals surface area contributed by atoms with E-state index in [0.717, 1.165) is 5.56 Å². The van der Waals surface area contributed by atoms with Gasteiger partial charge in [-0.05, 0) is 58.7 Å². The summed E-state index contributed by atoms with van der Waals surface area (Å²) in [7, 11) is 0. The Kier molecular flexibility index (Phi) is 4.06. The lowest BCUT2D eigenvalue weighted by atomic mass is 10.1. The molecule has 0 bridgehead atoms. The van der Waals surface area contributed by atoms with Gasteiger partial charge in [0.05, 0.1) is 15.6 Å². The number of halogens is 1. The first-order valence-electron chi connectivity index (χ1n) is 5.72. The summed E-state index contributed by atoms with van der Waals surface area (Å²) in [5.74, 6) is -0.293. The van der Waals surface area contributed by atoms with E-state index in [1.54, 1.807) is 18.2 Å². The first-order chi connectivity index (χ1) is 9.51. The number of benzene rings is 2. The molecule has 1 N–H and O–H groups in total. The van der Waals surface area contributed by atoms with Gasteiger partial charge in [0.15, 0.2) is 0 Å². The number of hydrogen-bond donors (Lipinski definition) is 1. The van der Waals surface area contributed by atoms with Gasteiger partial charge in [0.1, 0.15) is 17.6 Å². The largest absolute Gasteiger partial charge is 0.478 e. The fourth-order valence-electron chi connectivity index (χ4n) is 1.65. The van der Waals surface area contributed by atoms with Crippen molar-refractivity contribution in [3.8, 4) is 17.6 Å². The zero-order chi connectivity index (χ0) is 14.7. The number of carboxylic acid groups (broad SMARTS) is 1. The summed E-state index contributed by atoms with van der Waals surface area (Å²) < 4.78 is 6.26. The fourth-order valence-corrected chi connectivity index (χ4v) is 1.98. The lowest BCUT2D eigenvalue weighted by Crippen LogP contribution is -1.97. The van der Waals surface area contributed by atoms with E-state index in [1.165, 1.54) is 12.1 Å². The molecule has 5 heteroatoms. The third-order valence-electron chi connectivity index (χ3n) is 2.65. The predicted octanol–water partition coefficient (Wildman–Crippen LogP) is 4.12. The second kappa shape index (κ2) is 5.76. The Bertz CT molecular complexity index is 720. The van der Waals surface area contributed by atoms with E-state index < -0.39 is 5.97 Å².